The Morgan fingerprint density at radius 3 is 2.38 bits per heavy atom. The third-order valence-corrected chi connectivity index (χ3v) is 2.00. The molecule has 1 N–H and O–H groups in total. The Morgan fingerprint density at radius 2 is 1.88 bits per heavy atom. The molecule has 0 aliphatic heterocycles. The first-order valence-corrected chi connectivity index (χ1v) is 4.79. The highest BCUT2D eigenvalue weighted by Crippen LogP contribution is 2.07. The Kier molecular flexibility index (Phi) is 4.21. The van der Waals surface area contributed by atoms with Crippen LogP contribution in [-0.4, -0.2) is 16.9 Å². The van der Waals surface area contributed by atoms with E-state index in [9.17, 15) is 9.59 Å². The summed E-state index contributed by atoms with van der Waals surface area (Å²) >= 11 is 0. The van der Waals surface area contributed by atoms with Crippen molar-refractivity contribution in [2.24, 2.45) is 0 Å². The number of allylic oxidation sites excluding steroid dienone is 2. The summed E-state index contributed by atoms with van der Waals surface area (Å²) in [6.45, 7) is 3.45. The maximum absolute atomic E-state index is 11.7. The average Bonchev–Trinajstić information content (AvgIpc) is 2.29. The van der Waals surface area contributed by atoms with Crippen LogP contribution in [0.1, 0.15) is 16.8 Å². The zero-order valence-electron chi connectivity index (χ0n) is 8.72. The summed E-state index contributed by atoms with van der Waals surface area (Å²) in [6.07, 6.45) is 2.77. The first-order chi connectivity index (χ1) is 7.65. The normalized spacial score (nSPS) is 10.9. The lowest BCUT2D eigenvalue weighted by Crippen LogP contribution is -2.04. The van der Waals surface area contributed by atoms with Gasteiger partial charge in [-0.05, 0) is 12.5 Å². The molecule has 0 aliphatic carbocycles. The van der Waals surface area contributed by atoms with Crippen molar-refractivity contribution >= 4 is 11.8 Å². The predicted molar refractivity (Wildman–Crippen MR) is 61.3 cm³/mol. The molecular weight excluding hydrogens is 204 g/mol. The molecule has 0 unspecified atom stereocenters. The fourth-order valence-corrected chi connectivity index (χ4v) is 1.21. The third-order valence-electron chi connectivity index (χ3n) is 2.00. The van der Waals surface area contributed by atoms with Gasteiger partial charge >= 0.3 is 5.97 Å². The van der Waals surface area contributed by atoms with Gasteiger partial charge in [0.25, 0.3) is 0 Å². The van der Waals surface area contributed by atoms with Crippen LogP contribution in [0.2, 0.25) is 0 Å². The Hall–Kier alpha value is -2.16. The van der Waals surface area contributed by atoms with Gasteiger partial charge in [-0.15, -0.1) is 6.58 Å². The molecule has 0 aliphatic rings. The lowest BCUT2D eigenvalue weighted by Gasteiger charge is -1.98. The average molecular weight is 216 g/mol. The van der Waals surface area contributed by atoms with Crippen LogP contribution < -0.4 is 0 Å². The zero-order valence-corrected chi connectivity index (χ0v) is 8.72. The summed E-state index contributed by atoms with van der Waals surface area (Å²) < 4.78 is 0. The molecule has 1 rings (SSSR count). The maximum Gasteiger partial charge on any atom is 0.332 e. The van der Waals surface area contributed by atoms with Crippen molar-refractivity contribution in [1.82, 2.24) is 0 Å². The number of rotatable bonds is 5. The molecule has 0 spiro atoms. The van der Waals surface area contributed by atoms with Crippen LogP contribution in [-0.2, 0) is 4.79 Å². The smallest absolute Gasteiger partial charge is 0.332 e. The Balaban J connectivity index is 2.93. The molecule has 0 heterocycles. The molecule has 0 radical (unpaired) electrons. The van der Waals surface area contributed by atoms with E-state index in [4.69, 9.17) is 5.11 Å². The van der Waals surface area contributed by atoms with Crippen molar-refractivity contribution in [3.8, 4) is 0 Å². The van der Waals surface area contributed by atoms with Crippen LogP contribution in [0.25, 0.3) is 0 Å². The van der Waals surface area contributed by atoms with Crippen LogP contribution in [0.5, 0.6) is 0 Å². The van der Waals surface area contributed by atoms with Crippen molar-refractivity contribution in [2.75, 3.05) is 0 Å². The number of benzene rings is 1. The van der Waals surface area contributed by atoms with Gasteiger partial charge in [0, 0.05) is 11.1 Å². The molecule has 0 aromatic heterocycles. The third kappa shape index (κ3) is 3.20. The van der Waals surface area contributed by atoms with Crippen molar-refractivity contribution in [3.63, 3.8) is 0 Å². The topological polar surface area (TPSA) is 54.4 Å². The molecule has 0 amide bonds. The zero-order chi connectivity index (χ0) is 12.0. The van der Waals surface area contributed by atoms with Gasteiger partial charge in [0.1, 0.15) is 0 Å². The number of ketones is 1. The first kappa shape index (κ1) is 11.9. The number of carboxylic acid groups (broad SMARTS) is 1. The van der Waals surface area contributed by atoms with Crippen LogP contribution in [0, 0.1) is 0 Å². The number of carboxylic acids is 1. The predicted octanol–water partition coefficient (Wildman–Crippen LogP) is 2.46. The van der Waals surface area contributed by atoms with Crippen molar-refractivity contribution in [1.29, 1.82) is 0 Å². The summed E-state index contributed by atoms with van der Waals surface area (Å²) in [5, 5.41) is 8.83. The van der Waals surface area contributed by atoms with Gasteiger partial charge in [-0.25, -0.2) is 4.79 Å². The molecule has 16 heavy (non-hydrogen) atoms. The number of carbonyl (C=O) groups excluding carboxylic acids is 1. The standard InChI is InChI=1S/C13H12O3/c1-2-6-11(13(15)16)9-12(14)10-7-4-3-5-8-10/h2-5,7-9H,1,6H2,(H,15,16)/b11-9+. The van der Waals surface area contributed by atoms with Crippen LogP contribution in [0.4, 0.5) is 0 Å². The molecule has 0 bridgehead atoms. The van der Waals surface area contributed by atoms with Gasteiger partial charge in [0.05, 0.1) is 0 Å². The minimum Gasteiger partial charge on any atom is -0.478 e. The largest absolute Gasteiger partial charge is 0.478 e. The second-order valence-corrected chi connectivity index (χ2v) is 3.20. The first-order valence-electron chi connectivity index (χ1n) is 4.79. The monoisotopic (exact) mass is 216 g/mol. The summed E-state index contributed by atoms with van der Waals surface area (Å²) in [6, 6.07) is 8.55. The number of carbonyl (C=O) groups is 2. The van der Waals surface area contributed by atoms with Gasteiger partial charge in [0.15, 0.2) is 5.78 Å². The second-order valence-electron chi connectivity index (χ2n) is 3.20. The van der Waals surface area contributed by atoms with E-state index in [-0.39, 0.29) is 17.8 Å². The summed E-state index contributed by atoms with van der Waals surface area (Å²) in [5.41, 5.74) is 0.522. The van der Waals surface area contributed by atoms with Gasteiger partial charge in [-0.3, -0.25) is 4.79 Å². The van der Waals surface area contributed by atoms with E-state index in [1.54, 1.807) is 30.3 Å². The molecular formula is C13H12O3. The lowest BCUT2D eigenvalue weighted by molar-refractivity contribution is -0.132. The summed E-state index contributed by atoms with van der Waals surface area (Å²) in [5.74, 6) is -1.40. The highest BCUT2D eigenvalue weighted by Gasteiger charge is 2.09. The highest BCUT2D eigenvalue weighted by molar-refractivity contribution is 6.08. The van der Waals surface area contributed by atoms with Crippen molar-refractivity contribution in [2.45, 2.75) is 6.42 Å². The molecule has 3 heteroatoms. The Bertz CT molecular complexity index is 430. The Labute approximate surface area is 93.7 Å². The second kappa shape index (κ2) is 5.66. The van der Waals surface area contributed by atoms with Gasteiger partial charge in [-0.2, -0.15) is 0 Å². The molecule has 82 valence electrons. The highest BCUT2D eigenvalue weighted by atomic mass is 16.4. The van der Waals surface area contributed by atoms with E-state index < -0.39 is 5.97 Å². The number of hydrogen-bond donors (Lipinski definition) is 1. The van der Waals surface area contributed by atoms with E-state index >= 15 is 0 Å². The quantitative estimate of drug-likeness (QED) is 0.467. The van der Waals surface area contributed by atoms with Gasteiger partial charge < -0.3 is 5.11 Å². The van der Waals surface area contributed by atoms with Crippen LogP contribution in [0.15, 0.2) is 54.6 Å². The molecule has 0 fully saturated rings. The van der Waals surface area contributed by atoms with Crippen LogP contribution in [0.3, 0.4) is 0 Å². The van der Waals surface area contributed by atoms with E-state index in [1.165, 1.54) is 6.08 Å². The van der Waals surface area contributed by atoms with Crippen molar-refractivity contribution in [3.05, 3.63) is 60.2 Å². The molecule has 0 saturated carbocycles. The minimum absolute atomic E-state index is 0.0452. The van der Waals surface area contributed by atoms with Crippen LogP contribution >= 0.6 is 0 Å². The van der Waals surface area contributed by atoms with Gasteiger partial charge in [0.2, 0.25) is 0 Å². The van der Waals surface area contributed by atoms with Gasteiger partial charge in [-0.1, -0.05) is 36.4 Å². The molecule has 1 aromatic carbocycles. The lowest BCUT2D eigenvalue weighted by atomic mass is 10.1. The molecule has 0 saturated heterocycles. The molecule has 3 nitrogen and oxygen atoms in total. The molecule has 0 atom stereocenters. The van der Waals surface area contributed by atoms with E-state index in [1.807, 2.05) is 0 Å². The fraction of sp³-hybridized carbons (Fsp3) is 0.0769. The van der Waals surface area contributed by atoms with Crippen molar-refractivity contribution < 1.29 is 14.7 Å². The number of hydrogen-bond acceptors (Lipinski definition) is 2. The SMILES string of the molecule is C=CC/C(=C\C(=O)c1ccccc1)C(=O)O. The minimum atomic E-state index is -1.09. The maximum atomic E-state index is 11.7. The fourth-order valence-electron chi connectivity index (χ4n) is 1.21. The van der Waals surface area contributed by atoms with E-state index in [0.29, 0.717) is 5.56 Å². The number of aliphatic carboxylic acids is 1. The van der Waals surface area contributed by atoms with E-state index in [2.05, 4.69) is 6.58 Å². The van der Waals surface area contributed by atoms with E-state index in [0.717, 1.165) is 6.08 Å². The Morgan fingerprint density at radius 1 is 1.25 bits per heavy atom. The summed E-state index contributed by atoms with van der Waals surface area (Å²) in [7, 11) is 0. The summed E-state index contributed by atoms with van der Waals surface area (Å²) in [4.78, 5) is 22.4. The molecule has 1 aromatic rings.